The minimum absolute atomic E-state index is 0.255. The molecule has 1 amide bonds. The van der Waals surface area contributed by atoms with Gasteiger partial charge in [-0.2, -0.15) is 0 Å². The van der Waals surface area contributed by atoms with E-state index in [1.165, 1.54) is 5.56 Å². The number of amides is 1. The quantitative estimate of drug-likeness (QED) is 0.713. The van der Waals surface area contributed by atoms with Gasteiger partial charge in [-0.05, 0) is 48.9 Å². The van der Waals surface area contributed by atoms with Crippen molar-refractivity contribution in [1.29, 1.82) is 0 Å². The highest BCUT2D eigenvalue weighted by molar-refractivity contribution is 5.92. The molecule has 0 aliphatic rings. The van der Waals surface area contributed by atoms with E-state index in [-0.39, 0.29) is 11.6 Å². The lowest BCUT2D eigenvalue weighted by Crippen LogP contribution is -2.24. The monoisotopic (exact) mass is 348 g/mol. The molecule has 0 saturated heterocycles. The SMILES string of the molecule is COc1ccc(Nc2ccc(C(=O)NCc3ccc(C)cc3)nn2)cc1. The maximum absolute atomic E-state index is 12.2. The van der Waals surface area contributed by atoms with E-state index >= 15 is 0 Å². The van der Waals surface area contributed by atoms with Crippen molar-refractivity contribution in [3.8, 4) is 5.75 Å². The van der Waals surface area contributed by atoms with Crippen molar-refractivity contribution in [3.63, 3.8) is 0 Å². The van der Waals surface area contributed by atoms with Gasteiger partial charge < -0.3 is 15.4 Å². The second kappa shape index (κ2) is 8.11. The first-order chi connectivity index (χ1) is 12.6. The van der Waals surface area contributed by atoms with Gasteiger partial charge in [0, 0.05) is 12.2 Å². The molecule has 0 bridgehead atoms. The van der Waals surface area contributed by atoms with Crippen LogP contribution in [0.5, 0.6) is 5.75 Å². The molecule has 0 aliphatic carbocycles. The van der Waals surface area contributed by atoms with Crippen LogP contribution in [0.3, 0.4) is 0 Å². The Kier molecular flexibility index (Phi) is 5.43. The van der Waals surface area contributed by atoms with Gasteiger partial charge in [0.1, 0.15) is 5.75 Å². The molecule has 26 heavy (non-hydrogen) atoms. The molecule has 0 atom stereocenters. The Labute approximate surface area is 152 Å². The van der Waals surface area contributed by atoms with Gasteiger partial charge in [-0.25, -0.2) is 0 Å². The van der Waals surface area contributed by atoms with Crippen molar-refractivity contribution in [1.82, 2.24) is 15.5 Å². The third-order valence-corrected chi connectivity index (χ3v) is 3.83. The highest BCUT2D eigenvalue weighted by Crippen LogP contribution is 2.18. The van der Waals surface area contributed by atoms with Gasteiger partial charge >= 0.3 is 0 Å². The van der Waals surface area contributed by atoms with Crippen molar-refractivity contribution >= 4 is 17.4 Å². The Hall–Kier alpha value is -3.41. The predicted molar refractivity (Wildman–Crippen MR) is 101 cm³/mol. The van der Waals surface area contributed by atoms with E-state index in [0.717, 1.165) is 17.0 Å². The van der Waals surface area contributed by atoms with Crippen LogP contribution in [0.4, 0.5) is 11.5 Å². The van der Waals surface area contributed by atoms with Crippen molar-refractivity contribution < 1.29 is 9.53 Å². The van der Waals surface area contributed by atoms with Crippen LogP contribution in [0.25, 0.3) is 0 Å². The van der Waals surface area contributed by atoms with Crippen LogP contribution >= 0.6 is 0 Å². The largest absolute Gasteiger partial charge is 0.497 e. The van der Waals surface area contributed by atoms with Gasteiger partial charge in [0.15, 0.2) is 11.5 Å². The van der Waals surface area contributed by atoms with Crippen LogP contribution in [0.1, 0.15) is 21.6 Å². The summed E-state index contributed by atoms with van der Waals surface area (Å²) in [5.41, 5.74) is 3.36. The summed E-state index contributed by atoms with van der Waals surface area (Å²) < 4.78 is 5.12. The van der Waals surface area contributed by atoms with Crippen LogP contribution < -0.4 is 15.4 Å². The average molecular weight is 348 g/mol. The number of methoxy groups -OCH3 is 1. The molecule has 132 valence electrons. The summed E-state index contributed by atoms with van der Waals surface area (Å²) in [6, 6.07) is 18.8. The maximum atomic E-state index is 12.2. The molecule has 0 saturated carbocycles. The summed E-state index contributed by atoms with van der Waals surface area (Å²) in [7, 11) is 1.62. The lowest BCUT2D eigenvalue weighted by molar-refractivity contribution is 0.0945. The van der Waals surface area contributed by atoms with Crippen molar-refractivity contribution in [3.05, 3.63) is 77.5 Å². The lowest BCUT2D eigenvalue weighted by atomic mass is 10.1. The average Bonchev–Trinajstić information content (AvgIpc) is 2.68. The number of carbonyl (C=O) groups excluding carboxylic acids is 1. The number of benzene rings is 2. The molecule has 3 rings (SSSR count). The zero-order valence-electron chi connectivity index (χ0n) is 14.7. The molecule has 0 unspecified atom stereocenters. The molecule has 6 nitrogen and oxygen atoms in total. The van der Waals surface area contributed by atoms with Gasteiger partial charge in [-0.1, -0.05) is 29.8 Å². The van der Waals surface area contributed by atoms with E-state index in [2.05, 4.69) is 20.8 Å². The number of hydrogen-bond donors (Lipinski definition) is 2. The number of rotatable bonds is 6. The van der Waals surface area contributed by atoms with Crippen LogP contribution in [0.2, 0.25) is 0 Å². The van der Waals surface area contributed by atoms with Gasteiger partial charge in [-0.3, -0.25) is 4.79 Å². The van der Waals surface area contributed by atoms with Crippen molar-refractivity contribution in [2.24, 2.45) is 0 Å². The fraction of sp³-hybridized carbons (Fsp3) is 0.150. The molecule has 1 aromatic heterocycles. The number of carbonyl (C=O) groups is 1. The third-order valence-electron chi connectivity index (χ3n) is 3.83. The van der Waals surface area contributed by atoms with Crippen LogP contribution in [-0.4, -0.2) is 23.2 Å². The highest BCUT2D eigenvalue weighted by atomic mass is 16.5. The number of aromatic nitrogens is 2. The summed E-state index contributed by atoms with van der Waals surface area (Å²) in [6.07, 6.45) is 0. The number of ether oxygens (including phenoxy) is 1. The standard InChI is InChI=1S/C20H20N4O2/c1-14-3-5-15(6-4-14)13-21-20(25)18-11-12-19(24-23-18)22-16-7-9-17(26-2)10-8-16/h3-12H,13H2,1-2H3,(H,21,25)(H,22,24). The minimum atomic E-state index is -0.255. The molecule has 0 spiro atoms. The zero-order chi connectivity index (χ0) is 18.4. The van der Waals surface area contributed by atoms with Gasteiger partial charge in [0.25, 0.3) is 5.91 Å². The number of nitrogens with one attached hydrogen (secondary N) is 2. The van der Waals surface area contributed by atoms with E-state index in [4.69, 9.17) is 4.74 Å². The second-order valence-electron chi connectivity index (χ2n) is 5.83. The number of anilines is 2. The summed E-state index contributed by atoms with van der Waals surface area (Å²) in [5, 5.41) is 14.0. The Bertz CT molecular complexity index is 860. The Morgan fingerprint density at radius 2 is 1.69 bits per heavy atom. The smallest absolute Gasteiger partial charge is 0.272 e. The van der Waals surface area contributed by atoms with Crippen LogP contribution in [-0.2, 0) is 6.54 Å². The van der Waals surface area contributed by atoms with E-state index in [1.54, 1.807) is 19.2 Å². The first-order valence-corrected chi connectivity index (χ1v) is 8.22. The Balaban J connectivity index is 1.57. The predicted octanol–water partition coefficient (Wildman–Crippen LogP) is 3.47. The Morgan fingerprint density at radius 3 is 2.31 bits per heavy atom. The summed E-state index contributed by atoms with van der Waals surface area (Å²) in [6.45, 7) is 2.48. The normalized spacial score (nSPS) is 10.2. The summed E-state index contributed by atoms with van der Waals surface area (Å²) >= 11 is 0. The number of nitrogens with zero attached hydrogens (tertiary/aromatic N) is 2. The van der Waals surface area contributed by atoms with Crippen LogP contribution in [0.15, 0.2) is 60.7 Å². The molecule has 2 N–H and O–H groups in total. The third kappa shape index (κ3) is 4.57. The van der Waals surface area contributed by atoms with E-state index in [1.807, 2.05) is 55.5 Å². The summed E-state index contributed by atoms with van der Waals surface area (Å²) in [5.74, 6) is 1.08. The summed E-state index contributed by atoms with van der Waals surface area (Å²) in [4.78, 5) is 12.2. The topological polar surface area (TPSA) is 76.1 Å². The fourth-order valence-electron chi connectivity index (χ4n) is 2.32. The van der Waals surface area contributed by atoms with Crippen LogP contribution in [0, 0.1) is 6.92 Å². The highest BCUT2D eigenvalue weighted by Gasteiger charge is 2.08. The fourth-order valence-corrected chi connectivity index (χ4v) is 2.32. The van der Waals surface area contributed by atoms with E-state index < -0.39 is 0 Å². The molecular formula is C20H20N4O2. The zero-order valence-corrected chi connectivity index (χ0v) is 14.7. The molecule has 0 radical (unpaired) electrons. The van der Waals surface area contributed by atoms with E-state index in [9.17, 15) is 4.79 Å². The number of hydrogen-bond acceptors (Lipinski definition) is 5. The molecular weight excluding hydrogens is 328 g/mol. The first-order valence-electron chi connectivity index (χ1n) is 8.22. The molecule has 0 fully saturated rings. The van der Waals surface area contributed by atoms with E-state index in [0.29, 0.717) is 12.4 Å². The maximum Gasteiger partial charge on any atom is 0.272 e. The molecule has 3 aromatic rings. The Morgan fingerprint density at radius 1 is 0.962 bits per heavy atom. The molecule has 2 aromatic carbocycles. The molecule has 6 heteroatoms. The molecule has 1 heterocycles. The van der Waals surface area contributed by atoms with Crippen molar-refractivity contribution in [2.45, 2.75) is 13.5 Å². The lowest BCUT2D eigenvalue weighted by Gasteiger charge is -2.07. The first kappa shape index (κ1) is 17.4. The second-order valence-corrected chi connectivity index (χ2v) is 5.83. The van der Waals surface area contributed by atoms with Crippen molar-refractivity contribution in [2.75, 3.05) is 12.4 Å². The number of aryl methyl sites for hydroxylation is 1. The molecule has 0 aliphatic heterocycles. The minimum Gasteiger partial charge on any atom is -0.497 e. The van der Waals surface area contributed by atoms with Gasteiger partial charge in [0.05, 0.1) is 7.11 Å². The van der Waals surface area contributed by atoms with Gasteiger partial charge in [-0.15, -0.1) is 10.2 Å². The van der Waals surface area contributed by atoms with Gasteiger partial charge in [0.2, 0.25) is 0 Å².